The molecule has 40 heavy (non-hydrogen) atoms. The number of pyridine rings is 1. The van der Waals surface area contributed by atoms with E-state index in [-0.39, 0.29) is 17.5 Å². The first-order chi connectivity index (χ1) is 18.4. The van der Waals surface area contributed by atoms with E-state index in [4.69, 9.17) is 0 Å². The summed E-state index contributed by atoms with van der Waals surface area (Å²) in [7, 11) is 1.74. The Morgan fingerprint density at radius 3 is 1.80 bits per heavy atom. The lowest BCUT2D eigenvalue weighted by molar-refractivity contribution is -0.671. The average molecular weight is 586 g/mol. The normalized spacial score (nSPS) is 13.6. The van der Waals surface area contributed by atoms with Crippen LogP contribution in [0.5, 0.6) is 11.5 Å². The number of alkyl halides is 10. The molecule has 0 spiro atoms. The van der Waals surface area contributed by atoms with Gasteiger partial charge in [0.25, 0.3) is 5.60 Å². The Morgan fingerprint density at radius 1 is 0.775 bits per heavy atom. The smallest absolute Gasteiger partial charge is 0.430 e. The maximum absolute atomic E-state index is 13.3. The van der Waals surface area contributed by atoms with Gasteiger partial charge in [0.2, 0.25) is 0 Å². The first kappa shape index (κ1) is 31.0. The molecule has 1 aromatic heterocycles. The third kappa shape index (κ3) is 6.60. The van der Waals surface area contributed by atoms with Crippen molar-refractivity contribution in [1.29, 1.82) is 0 Å². The minimum Gasteiger partial charge on any atom is -0.431 e. The molecule has 0 aliphatic heterocycles. The van der Waals surface area contributed by atoms with Gasteiger partial charge in [-0.15, -0.1) is 0 Å². The van der Waals surface area contributed by atoms with E-state index in [1.165, 1.54) is 6.07 Å². The van der Waals surface area contributed by atoms with Crippen LogP contribution in [-0.4, -0.2) is 30.7 Å². The van der Waals surface area contributed by atoms with Crippen LogP contribution in [0, 0.1) is 6.92 Å². The first-order valence-electron chi connectivity index (χ1n) is 11.4. The van der Waals surface area contributed by atoms with Crippen molar-refractivity contribution in [3.63, 3.8) is 0 Å². The third-order valence-electron chi connectivity index (χ3n) is 6.19. The molecule has 1 atom stereocenters. The van der Waals surface area contributed by atoms with Crippen LogP contribution in [0.25, 0.3) is 0 Å². The number of rotatable bonds is 9. The molecule has 0 aliphatic rings. The fourth-order valence-electron chi connectivity index (χ4n) is 4.21. The number of halogens is 10. The van der Waals surface area contributed by atoms with E-state index in [2.05, 4.69) is 9.47 Å². The quantitative estimate of drug-likeness (QED) is 0.224. The van der Waals surface area contributed by atoms with Crippen molar-refractivity contribution in [2.45, 2.75) is 50.4 Å². The zero-order chi connectivity index (χ0) is 30.0. The molecule has 1 unspecified atom stereocenters. The Morgan fingerprint density at radius 2 is 1.30 bits per heavy atom. The van der Waals surface area contributed by atoms with Gasteiger partial charge in [-0.2, -0.15) is 43.9 Å². The maximum Gasteiger partial charge on any atom is 0.430 e. The Hall–Kier alpha value is -3.55. The average Bonchev–Trinajstić information content (AvgIpc) is 2.82. The molecule has 14 heteroatoms. The van der Waals surface area contributed by atoms with Gasteiger partial charge in [0, 0.05) is 23.1 Å². The number of aromatic nitrogens is 1. The Labute approximate surface area is 221 Å². The largest absolute Gasteiger partial charge is 0.431 e. The van der Waals surface area contributed by atoms with Gasteiger partial charge in [-0.3, -0.25) is 0 Å². The maximum atomic E-state index is 13.3. The van der Waals surface area contributed by atoms with Gasteiger partial charge in [-0.1, -0.05) is 30.3 Å². The lowest BCUT2D eigenvalue weighted by atomic mass is 9.83. The summed E-state index contributed by atoms with van der Waals surface area (Å²) in [5, 5.41) is 9.71. The van der Waals surface area contributed by atoms with E-state index in [9.17, 15) is 49.0 Å². The molecule has 0 fully saturated rings. The van der Waals surface area contributed by atoms with Crippen molar-refractivity contribution >= 4 is 0 Å². The molecule has 0 radical (unpaired) electrons. The van der Waals surface area contributed by atoms with E-state index in [1.807, 2.05) is 0 Å². The van der Waals surface area contributed by atoms with Gasteiger partial charge in [0.1, 0.15) is 7.05 Å². The van der Waals surface area contributed by atoms with Crippen molar-refractivity contribution in [2.75, 3.05) is 0 Å². The first-order valence-corrected chi connectivity index (χ1v) is 11.4. The molecule has 3 rings (SSSR count). The lowest BCUT2D eigenvalue weighted by Crippen LogP contribution is -2.53. The Kier molecular flexibility index (Phi) is 8.92. The molecular formula is C26H22F10NO3+. The third-order valence-corrected chi connectivity index (χ3v) is 6.19. The highest BCUT2D eigenvalue weighted by Crippen LogP contribution is 2.50. The second-order valence-corrected chi connectivity index (χ2v) is 8.87. The van der Waals surface area contributed by atoms with Crippen molar-refractivity contribution in [3.8, 4) is 11.5 Å². The molecule has 1 heterocycles. The number of ether oxygens (including phenoxy) is 2. The highest BCUT2D eigenvalue weighted by Gasteiger charge is 2.71. The van der Waals surface area contributed by atoms with Gasteiger partial charge in [-0.05, 0) is 42.2 Å². The van der Waals surface area contributed by atoms with Gasteiger partial charge < -0.3 is 14.6 Å². The molecule has 0 amide bonds. The predicted octanol–water partition coefficient (Wildman–Crippen LogP) is 6.71. The van der Waals surface area contributed by atoms with Gasteiger partial charge in [0.05, 0.1) is 0 Å². The predicted molar refractivity (Wildman–Crippen MR) is 120 cm³/mol. The van der Waals surface area contributed by atoms with Crippen molar-refractivity contribution in [2.24, 2.45) is 7.05 Å². The number of aliphatic hydroxyl groups is 1. The van der Waals surface area contributed by atoms with Crippen LogP contribution in [0.15, 0.2) is 60.9 Å². The molecule has 0 aliphatic carbocycles. The zero-order valence-corrected chi connectivity index (χ0v) is 20.7. The number of nitrogens with zero attached hydrogens (tertiary/aromatic N) is 1. The summed E-state index contributed by atoms with van der Waals surface area (Å²) < 4.78 is 142. The molecule has 0 bridgehead atoms. The summed E-state index contributed by atoms with van der Waals surface area (Å²) in [6.45, 7) is -5.05. The van der Waals surface area contributed by atoms with Crippen molar-refractivity contribution in [1.82, 2.24) is 0 Å². The summed E-state index contributed by atoms with van der Waals surface area (Å²) in [5.41, 5.74) is -4.92. The molecule has 4 nitrogen and oxygen atoms in total. The standard InChI is InChI=1S/C26H22F10NO3/c1-14-13-37(2)10-9-16(14)11-19(17-5-8-20(39-22(27)28)21(12-17)40-23(29)30)15-3-6-18(7-4-15)24(38,25(31,32)33)26(34,35)36/h3-10,12-13,19,22-23,38H,11H2,1-2H3/q+1. The fourth-order valence-corrected chi connectivity index (χ4v) is 4.21. The van der Waals surface area contributed by atoms with Crippen LogP contribution in [0.4, 0.5) is 43.9 Å². The molecular weight excluding hydrogens is 564 g/mol. The number of hydrogen-bond donors (Lipinski definition) is 1. The summed E-state index contributed by atoms with van der Waals surface area (Å²) >= 11 is 0. The highest BCUT2D eigenvalue weighted by molar-refractivity contribution is 5.47. The number of benzene rings is 2. The van der Waals surface area contributed by atoms with E-state index >= 15 is 0 Å². The van der Waals surface area contributed by atoms with Gasteiger partial charge in [0.15, 0.2) is 23.9 Å². The second kappa shape index (κ2) is 11.5. The number of aryl methyl sites for hydroxylation is 2. The summed E-state index contributed by atoms with van der Waals surface area (Å²) in [6, 6.07) is 7.63. The highest BCUT2D eigenvalue weighted by atomic mass is 19.4. The Bertz CT molecular complexity index is 1290. The minimum absolute atomic E-state index is 0.0675. The second-order valence-electron chi connectivity index (χ2n) is 8.87. The molecule has 3 aromatic rings. The topological polar surface area (TPSA) is 42.6 Å². The molecule has 2 aromatic carbocycles. The van der Waals surface area contributed by atoms with E-state index < -0.39 is 54.2 Å². The van der Waals surface area contributed by atoms with E-state index in [1.54, 1.807) is 37.0 Å². The summed E-state index contributed by atoms with van der Waals surface area (Å²) in [5.74, 6) is -2.36. The van der Waals surface area contributed by atoms with Gasteiger partial charge >= 0.3 is 25.6 Å². The van der Waals surface area contributed by atoms with Gasteiger partial charge in [-0.25, -0.2) is 4.57 Å². The fraction of sp³-hybridized carbons (Fsp3) is 0.346. The molecule has 218 valence electrons. The minimum atomic E-state index is -6.09. The van der Waals surface area contributed by atoms with Crippen LogP contribution >= 0.6 is 0 Å². The van der Waals surface area contributed by atoms with Crippen LogP contribution < -0.4 is 14.0 Å². The zero-order valence-electron chi connectivity index (χ0n) is 20.7. The SMILES string of the molecule is Cc1c[n+](C)ccc1CC(c1ccc(C(O)(C(F)(F)F)C(F)(F)F)cc1)c1ccc(OC(F)F)c(OC(F)F)c1. The lowest BCUT2D eigenvalue weighted by Gasteiger charge is -2.33. The van der Waals surface area contributed by atoms with Crippen LogP contribution in [0.1, 0.15) is 33.7 Å². The summed E-state index contributed by atoms with van der Waals surface area (Å²) in [6.07, 6.45) is -8.69. The van der Waals surface area contributed by atoms with E-state index in [0.717, 1.165) is 29.8 Å². The monoisotopic (exact) mass is 586 g/mol. The van der Waals surface area contributed by atoms with Crippen LogP contribution in [0.2, 0.25) is 0 Å². The summed E-state index contributed by atoms with van der Waals surface area (Å²) in [4.78, 5) is 0. The Balaban J connectivity index is 2.15. The molecule has 1 N–H and O–H groups in total. The number of hydrogen-bond acceptors (Lipinski definition) is 3. The molecule has 0 saturated heterocycles. The molecule has 0 saturated carbocycles. The van der Waals surface area contributed by atoms with Crippen molar-refractivity contribution in [3.05, 3.63) is 88.7 Å². The van der Waals surface area contributed by atoms with Crippen LogP contribution in [0.3, 0.4) is 0 Å². The van der Waals surface area contributed by atoms with Crippen molar-refractivity contribution < 1.29 is 63.1 Å². The van der Waals surface area contributed by atoms with E-state index in [0.29, 0.717) is 17.7 Å². The van der Waals surface area contributed by atoms with Crippen LogP contribution in [-0.2, 0) is 19.1 Å².